The van der Waals surface area contributed by atoms with Crippen LogP contribution in [0, 0.1) is 0 Å². The van der Waals surface area contributed by atoms with Crippen LogP contribution in [0.3, 0.4) is 0 Å². The summed E-state index contributed by atoms with van der Waals surface area (Å²) in [5.74, 6) is -0.389. The average Bonchev–Trinajstić information content (AvgIpc) is 2.65. The molecule has 3 rings (SSSR count). The van der Waals surface area contributed by atoms with E-state index in [1.54, 1.807) is 0 Å². The fourth-order valence-corrected chi connectivity index (χ4v) is 3.51. The lowest BCUT2D eigenvalue weighted by molar-refractivity contribution is -0.126. The number of benzene rings is 2. The van der Waals surface area contributed by atoms with Gasteiger partial charge in [0.05, 0.1) is 0 Å². The predicted octanol–water partition coefficient (Wildman–Crippen LogP) is 2.39. The first-order valence-corrected chi connectivity index (χ1v) is 9.27. The number of hydrogen-bond acceptors (Lipinski definition) is 4. The van der Waals surface area contributed by atoms with Crippen LogP contribution >= 0.6 is 11.6 Å². The number of imide groups is 1. The summed E-state index contributed by atoms with van der Waals surface area (Å²) in [7, 11) is 0. The highest BCUT2D eigenvalue weighted by atomic mass is 35.5. The molecule has 1 atom stereocenters. The molecule has 3 N–H and O–H groups in total. The maximum absolute atomic E-state index is 12.6. The Kier molecular flexibility index (Phi) is 6.45. The van der Waals surface area contributed by atoms with E-state index in [9.17, 15) is 9.59 Å². The lowest BCUT2D eigenvalue weighted by Gasteiger charge is -2.38. The van der Waals surface area contributed by atoms with E-state index < -0.39 is 12.1 Å². The third-order valence-electron chi connectivity index (χ3n) is 4.70. The summed E-state index contributed by atoms with van der Waals surface area (Å²) in [4.78, 5) is 28.2. The number of nitrogens with one attached hydrogen (secondary N) is 1. The van der Waals surface area contributed by atoms with Crippen molar-refractivity contribution >= 4 is 23.5 Å². The zero-order valence-electron chi connectivity index (χ0n) is 15.0. The van der Waals surface area contributed by atoms with Crippen molar-refractivity contribution in [3.8, 4) is 0 Å². The second-order valence-corrected chi connectivity index (χ2v) is 7.04. The van der Waals surface area contributed by atoms with Gasteiger partial charge in [0.25, 0.3) is 0 Å². The summed E-state index contributed by atoms with van der Waals surface area (Å²) in [5.41, 5.74) is 7.21. The maximum Gasteiger partial charge on any atom is 0.318 e. The maximum atomic E-state index is 12.6. The zero-order valence-corrected chi connectivity index (χ0v) is 15.7. The standard InChI is InChI=1S/C20H23ClN4O2/c21-17-8-6-15(7-9-17)14-24-10-12-25(13-11-24)18(19(26)23-20(22)27)16-4-2-1-3-5-16/h1-9,18H,10-14H2,(H3,22,23,26,27). The molecule has 1 fully saturated rings. The molecule has 27 heavy (non-hydrogen) atoms. The number of amides is 3. The Bertz CT molecular complexity index is 774. The van der Waals surface area contributed by atoms with E-state index in [2.05, 4.69) is 15.1 Å². The number of hydrogen-bond donors (Lipinski definition) is 2. The minimum atomic E-state index is -0.831. The minimum absolute atomic E-state index is 0.389. The second-order valence-electron chi connectivity index (χ2n) is 6.61. The van der Waals surface area contributed by atoms with Crippen molar-refractivity contribution in [2.45, 2.75) is 12.6 Å². The van der Waals surface area contributed by atoms with Crippen LogP contribution in [0.25, 0.3) is 0 Å². The number of nitrogens with zero attached hydrogens (tertiary/aromatic N) is 2. The molecule has 2 aromatic rings. The first-order valence-electron chi connectivity index (χ1n) is 8.89. The Morgan fingerprint density at radius 3 is 2.22 bits per heavy atom. The number of nitrogens with two attached hydrogens (primary N) is 1. The van der Waals surface area contributed by atoms with Gasteiger partial charge in [-0.1, -0.05) is 54.1 Å². The molecule has 6 nitrogen and oxygen atoms in total. The topological polar surface area (TPSA) is 78.7 Å². The van der Waals surface area contributed by atoms with Gasteiger partial charge in [0, 0.05) is 37.7 Å². The highest BCUT2D eigenvalue weighted by molar-refractivity contribution is 6.30. The molecule has 1 unspecified atom stereocenters. The smallest absolute Gasteiger partial charge is 0.318 e. The van der Waals surface area contributed by atoms with E-state index in [-0.39, 0.29) is 5.91 Å². The lowest BCUT2D eigenvalue weighted by atomic mass is 10.0. The van der Waals surface area contributed by atoms with Crippen LogP contribution in [0.1, 0.15) is 17.2 Å². The van der Waals surface area contributed by atoms with Crippen molar-refractivity contribution in [2.75, 3.05) is 26.2 Å². The van der Waals surface area contributed by atoms with Crippen molar-refractivity contribution in [2.24, 2.45) is 5.73 Å². The number of halogens is 1. The van der Waals surface area contributed by atoms with Crippen LogP contribution in [-0.4, -0.2) is 47.9 Å². The van der Waals surface area contributed by atoms with Crippen molar-refractivity contribution in [1.82, 2.24) is 15.1 Å². The monoisotopic (exact) mass is 386 g/mol. The lowest BCUT2D eigenvalue weighted by Crippen LogP contribution is -2.51. The van der Waals surface area contributed by atoms with Crippen LogP contribution in [-0.2, 0) is 11.3 Å². The summed E-state index contributed by atoms with van der Waals surface area (Å²) in [6.07, 6.45) is 0. The Labute approximate surface area is 163 Å². The number of primary amides is 1. The Hall–Kier alpha value is -2.41. The van der Waals surface area contributed by atoms with Crippen LogP contribution in [0.2, 0.25) is 5.02 Å². The van der Waals surface area contributed by atoms with Crippen LogP contribution in [0.5, 0.6) is 0 Å². The van der Waals surface area contributed by atoms with Gasteiger partial charge in [0.2, 0.25) is 5.91 Å². The molecule has 1 saturated heterocycles. The first-order chi connectivity index (χ1) is 13.0. The number of urea groups is 1. The third kappa shape index (κ3) is 5.29. The molecule has 1 aliphatic heterocycles. The Morgan fingerprint density at radius 1 is 1.00 bits per heavy atom. The van der Waals surface area contributed by atoms with Gasteiger partial charge in [-0.2, -0.15) is 0 Å². The fourth-order valence-electron chi connectivity index (χ4n) is 3.38. The van der Waals surface area contributed by atoms with E-state index in [4.69, 9.17) is 17.3 Å². The molecular weight excluding hydrogens is 364 g/mol. The van der Waals surface area contributed by atoms with Gasteiger partial charge in [-0.25, -0.2) is 4.79 Å². The van der Waals surface area contributed by atoms with E-state index in [0.29, 0.717) is 0 Å². The zero-order chi connectivity index (χ0) is 19.2. The van der Waals surface area contributed by atoms with E-state index in [0.717, 1.165) is 43.3 Å². The van der Waals surface area contributed by atoms with Gasteiger partial charge in [0.15, 0.2) is 0 Å². The molecular formula is C20H23ClN4O2. The fraction of sp³-hybridized carbons (Fsp3) is 0.300. The van der Waals surface area contributed by atoms with Gasteiger partial charge in [-0.15, -0.1) is 0 Å². The number of rotatable bonds is 5. The van der Waals surface area contributed by atoms with E-state index >= 15 is 0 Å². The molecule has 1 heterocycles. The average molecular weight is 387 g/mol. The van der Waals surface area contributed by atoms with Gasteiger partial charge < -0.3 is 5.73 Å². The summed E-state index contributed by atoms with van der Waals surface area (Å²) < 4.78 is 0. The van der Waals surface area contributed by atoms with Crippen LogP contribution < -0.4 is 11.1 Å². The first kappa shape index (κ1) is 19.4. The molecule has 0 aliphatic carbocycles. The molecule has 0 saturated carbocycles. The Morgan fingerprint density at radius 2 is 1.63 bits per heavy atom. The van der Waals surface area contributed by atoms with Gasteiger partial charge in [0.1, 0.15) is 6.04 Å². The van der Waals surface area contributed by atoms with E-state index in [1.165, 1.54) is 5.56 Å². The quantitative estimate of drug-likeness (QED) is 0.827. The SMILES string of the molecule is NC(=O)NC(=O)C(c1ccccc1)N1CCN(Cc2ccc(Cl)cc2)CC1. The molecule has 142 valence electrons. The normalized spacial score (nSPS) is 16.6. The second kappa shape index (κ2) is 8.99. The largest absolute Gasteiger partial charge is 0.351 e. The molecule has 7 heteroatoms. The van der Waals surface area contributed by atoms with Gasteiger partial charge in [-0.3, -0.25) is 19.9 Å². The van der Waals surface area contributed by atoms with Crippen molar-refractivity contribution in [3.05, 3.63) is 70.7 Å². The Balaban J connectivity index is 1.66. The van der Waals surface area contributed by atoms with E-state index in [1.807, 2.05) is 54.6 Å². The summed E-state index contributed by atoms with van der Waals surface area (Å²) in [6.45, 7) is 3.94. The summed E-state index contributed by atoms with van der Waals surface area (Å²) in [6, 6.07) is 15.9. The predicted molar refractivity (Wildman–Crippen MR) is 105 cm³/mol. The molecule has 0 bridgehead atoms. The number of carbonyl (C=O) groups excluding carboxylic acids is 2. The van der Waals surface area contributed by atoms with Crippen LogP contribution in [0.15, 0.2) is 54.6 Å². The highest BCUT2D eigenvalue weighted by Gasteiger charge is 2.31. The third-order valence-corrected chi connectivity index (χ3v) is 4.95. The highest BCUT2D eigenvalue weighted by Crippen LogP contribution is 2.23. The summed E-state index contributed by atoms with van der Waals surface area (Å²) >= 11 is 5.94. The molecule has 3 amide bonds. The summed E-state index contributed by atoms with van der Waals surface area (Å²) in [5, 5.41) is 2.96. The molecule has 0 radical (unpaired) electrons. The van der Waals surface area contributed by atoms with Gasteiger partial charge in [-0.05, 0) is 23.3 Å². The number of carbonyl (C=O) groups is 2. The van der Waals surface area contributed by atoms with Gasteiger partial charge >= 0.3 is 6.03 Å². The number of piperazine rings is 1. The van der Waals surface area contributed by atoms with Crippen molar-refractivity contribution in [1.29, 1.82) is 0 Å². The van der Waals surface area contributed by atoms with Crippen LogP contribution in [0.4, 0.5) is 4.79 Å². The van der Waals surface area contributed by atoms with Crippen molar-refractivity contribution < 1.29 is 9.59 Å². The molecule has 2 aromatic carbocycles. The minimum Gasteiger partial charge on any atom is -0.351 e. The molecule has 0 spiro atoms. The molecule has 0 aromatic heterocycles. The van der Waals surface area contributed by atoms with Crippen molar-refractivity contribution in [3.63, 3.8) is 0 Å². The molecule has 1 aliphatic rings.